The van der Waals surface area contributed by atoms with Crippen molar-refractivity contribution in [3.63, 3.8) is 0 Å². The zero-order valence-corrected chi connectivity index (χ0v) is 11.0. The number of carboxylic acid groups (broad SMARTS) is 1. The molecule has 7 heteroatoms. The fraction of sp³-hybridized carbons (Fsp3) is 0.364. The zero-order valence-electron chi connectivity index (χ0n) is 10.2. The molecule has 6 nitrogen and oxygen atoms in total. The molecule has 0 aliphatic heterocycles. The van der Waals surface area contributed by atoms with Crippen LogP contribution in [-0.2, 0) is 16.8 Å². The normalized spacial score (nSPS) is 11.5. The van der Waals surface area contributed by atoms with Crippen LogP contribution in [0.15, 0.2) is 24.3 Å². The Balaban J connectivity index is 2.78. The number of carbonyl (C=O) groups is 1. The summed E-state index contributed by atoms with van der Waals surface area (Å²) >= 11 is 0. The Kier molecular flexibility index (Phi) is 4.69. The lowest BCUT2D eigenvalue weighted by molar-refractivity contribution is 0.201. The van der Waals surface area contributed by atoms with Gasteiger partial charge in [0.1, 0.15) is 0 Å². The number of nitrogens with one attached hydrogen (secondary N) is 2. The van der Waals surface area contributed by atoms with Crippen LogP contribution >= 0.6 is 0 Å². The molecule has 0 aromatic heterocycles. The fourth-order valence-corrected chi connectivity index (χ4v) is 2.23. The second-order valence-electron chi connectivity index (χ2n) is 4.09. The van der Waals surface area contributed by atoms with Crippen LogP contribution < -0.4 is 9.44 Å². The average Bonchev–Trinajstić information content (AvgIpc) is 2.25. The van der Waals surface area contributed by atoms with Crippen LogP contribution in [0.4, 0.5) is 4.79 Å². The molecule has 0 spiro atoms. The van der Waals surface area contributed by atoms with Gasteiger partial charge in [-0.3, -0.25) is 0 Å². The quantitative estimate of drug-likeness (QED) is 0.755. The van der Waals surface area contributed by atoms with Crippen LogP contribution in [-0.4, -0.2) is 19.6 Å². The van der Waals surface area contributed by atoms with E-state index in [9.17, 15) is 13.2 Å². The van der Waals surface area contributed by atoms with Gasteiger partial charge in [-0.15, -0.1) is 0 Å². The second-order valence-corrected chi connectivity index (χ2v) is 5.58. The maximum Gasteiger partial charge on any atom is 0.419 e. The van der Waals surface area contributed by atoms with Crippen LogP contribution in [0, 0.1) is 0 Å². The molecule has 0 aliphatic carbocycles. The molecule has 0 aliphatic rings. The van der Waals surface area contributed by atoms with Crippen LogP contribution in [0.25, 0.3) is 0 Å². The summed E-state index contributed by atoms with van der Waals surface area (Å²) in [4.78, 5) is 10.3. The van der Waals surface area contributed by atoms with Gasteiger partial charge in [0.2, 0.25) is 0 Å². The van der Waals surface area contributed by atoms with E-state index < -0.39 is 16.3 Å². The van der Waals surface area contributed by atoms with E-state index >= 15 is 0 Å². The van der Waals surface area contributed by atoms with Gasteiger partial charge in [-0.25, -0.2) is 9.52 Å². The van der Waals surface area contributed by atoms with E-state index in [0.717, 1.165) is 11.1 Å². The van der Waals surface area contributed by atoms with E-state index in [1.807, 2.05) is 26.0 Å². The standard InChI is InChI=1S/C11H16N2O4S/c1-8(2)10-6-4-3-5-9(10)7-12-18(16,17)13-11(14)15/h3-6,8,12-13H,7H2,1-2H3,(H,14,15). The van der Waals surface area contributed by atoms with Crippen molar-refractivity contribution in [2.24, 2.45) is 0 Å². The SMILES string of the molecule is CC(C)c1ccccc1CNS(=O)(=O)NC(=O)O. The highest BCUT2D eigenvalue weighted by Gasteiger charge is 2.14. The van der Waals surface area contributed by atoms with Crippen molar-refractivity contribution < 1.29 is 18.3 Å². The first-order valence-electron chi connectivity index (χ1n) is 5.40. The summed E-state index contributed by atoms with van der Waals surface area (Å²) in [7, 11) is -4.02. The molecule has 0 saturated heterocycles. The molecule has 1 aromatic rings. The molecule has 1 amide bonds. The van der Waals surface area contributed by atoms with Crippen molar-refractivity contribution in [2.45, 2.75) is 26.3 Å². The Hall–Kier alpha value is -1.60. The minimum absolute atomic E-state index is 0.0525. The summed E-state index contributed by atoms with van der Waals surface area (Å²) in [6.45, 7) is 4.06. The second kappa shape index (κ2) is 5.83. The Labute approximate surface area is 106 Å². The molecule has 3 N–H and O–H groups in total. The first kappa shape index (κ1) is 14.5. The maximum atomic E-state index is 11.3. The third-order valence-electron chi connectivity index (χ3n) is 2.35. The molecule has 100 valence electrons. The molecule has 0 radical (unpaired) electrons. The number of benzene rings is 1. The highest BCUT2D eigenvalue weighted by atomic mass is 32.2. The van der Waals surface area contributed by atoms with Crippen molar-refractivity contribution in [1.29, 1.82) is 0 Å². The molecule has 18 heavy (non-hydrogen) atoms. The molecule has 0 saturated carbocycles. The van der Waals surface area contributed by atoms with E-state index in [0.29, 0.717) is 0 Å². The highest BCUT2D eigenvalue weighted by Crippen LogP contribution is 2.18. The third kappa shape index (κ3) is 4.34. The van der Waals surface area contributed by atoms with E-state index in [1.165, 1.54) is 4.72 Å². The van der Waals surface area contributed by atoms with Gasteiger partial charge < -0.3 is 5.11 Å². The van der Waals surface area contributed by atoms with Gasteiger partial charge >= 0.3 is 16.3 Å². The average molecular weight is 272 g/mol. The Bertz CT molecular complexity index is 526. The van der Waals surface area contributed by atoms with E-state index in [1.54, 1.807) is 12.1 Å². The maximum absolute atomic E-state index is 11.3. The minimum atomic E-state index is -4.02. The van der Waals surface area contributed by atoms with Gasteiger partial charge in [0, 0.05) is 6.54 Å². The van der Waals surface area contributed by atoms with Gasteiger partial charge in [0.05, 0.1) is 0 Å². The molecule has 0 atom stereocenters. The lowest BCUT2D eigenvalue weighted by Crippen LogP contribution is -2.39. The number of hydrogen-bond acceptors (Lipinski definition) is 3. The highest BCUT2D eigenvalue weighted by molar-refractivity contribution is 7.88. The molecular weight excluding hydrogens is 256 g/mol. The van der Waals surface area contributed by atoms with Gasteiger partial charge in [0.25, 0.3) is 0 Å². The molecule has 0 fully saturated rings. The van der Waals surface area contributed by atoms with Crippen molar-refractivity contribution in [1.82, 2.24) is 9.44 Å². The van der Waals surface area contributed by atoms with E-state index in [2.05, 4.69) is 4.72 Å². The van der Waals surface area contributed by atoms with Crippen LogP contribution in [0.5, 0.6) is 0 Å². The van der Waals surface area contributed by atoms with E-state index in [4.69, 9.17) is 5.11 Å². The third-order valence-corrected chi connectivity index (χ3v) is 3.32. The molecule has 1 aromatic carbocycles. The first-order chi connectivity index (χ1) is 8.32. The molecule has 1 rings (SSSR count). The van der Waals surface area contributed by atoms with Crippen molar-refractivity contribution in [3.05, 3.63) is 35.4 Å². The van der Waals surface area contributed by atoms with Crippen LogP contribution in [0.2, 0.25) is 0 Å². The number of rotatable bonds is 5. The smallest absolute Gasteiger partial charge is 0.419 e. The number of amides is 1. The van der Waals surface area contributed by atoms with Crippen molar-refractivity contribution in [3.8, 4) is 0 Å². The lowest BCUT2D eigenvalue weighted by Gasteiger charge is -2.13. The fourth-order valence-electron chi connectivity index (χ4n) is 1.58. The van der Waals surface area contributed by atoms with Crippen molar-refractivity contribution >= 4 is 16.3 Å². The summed E-state index contributed by atoms with van der Waals surface area (Å²) in [6.07, 6.45) is -1.61. The topological polar surface area (TPSA) is 95.5 Å². The minimum Gasteiger partial charge on any atom is -0.464 e. The monoisotopic (exact) mass is 272 g/mol. The van der Waals surface area contributed by atoms with E-state index in [-0.39, 0.29) is 12.5 Å². The van der Waals surface area contributed by atoms with Gasteiger partial charge in [-0.2, -0.15) is 13.1 Å². The molecule has 0 heterocycles. The van der Waals surface area contributed by atoms with Gasteiger partial charge in [-0.1, -0.05) is 38.1 Å². The largest absolute Gasteiger partial charge is 0.464 e. The Morgan fingerprint density at radius 3 is 2.50 bits per heavy atom. The Morgan fingerprint density at radius 2 is 1.94 bits per heavy atom. The molecule has 0 bridgehead atoms. The van der Waals surface area contributed by atoms with Gasteiger partial charge in [-0.05, 0) is 17.0 Å². The summed E-state index contributed by atoms with van der Waals surface area (Å²) < 4.78 is 26.2. The summed E-state index contributed by atoms with van der Waals surface area (Å²) in [5.74, 6) is 0.262. The zero-order chi connectivity index (χ0) is 13.8. The summed E-state index contributed by atoms with van der Waals surface area (Å²) in [6, 6.07) is 7.40. The first-order valence-corrected chi connectivity index (χ1v) is 6.88. The van der Waals surface area contributed by atoms with Crippen molar-refractivity contribution in [2.75, 3.05) is 0 Å². The Morgan fingerprint density at radius 1 is 1.33 bits per heavy atom. The van der Waals surface area contributed by atoms with Gasteiger partial charge in [0.15, 0.2) is 0 Å². The summed E-state index contributed by atoms with van der Waals surface area (Å²) in [5.41, 5.74) is 1.85. The predicted molar refractivity (Wildman–Crippen MR) is 67.5 cm³/mol. The van der Waals surface area contributed by atoms with Crippen LogP contribution in [0.3, 0.4) is 0 Å². The van der Waals surface area contributed by atoms with Crippen LogP contribution in [0.1, 0.15) is 30.9 Å². The summed E-state index contributed by atoms with van der Waals surface area (Å²) in [5, 5.41) is 8.36. The molecular formula is C11H16N2O4S. The lowest BCUT2D eigenvalue weighted by atomic mass is 9.97. The predicted octanol–water partition coefficient (Wildman–Crippen LogP) is 1.41. The molecule has 0 unspecified atom stereocenters. The number of hydrogen-bond donors (Lipinski definition) is 3.